The topological polar surface area (TPSA) is 29.5 Å². The summed E-state index contributed by atoms with van der Waals surface area (Å²) in [5.74, 6) is 2.29. The van der Waals surface area contributed by atoms with Crippen LogP contribution in [0.25, 0.3) is 0 Å². The van der Waals surface area contributed by atoms with Gasteiger partial charge in [0.2, 0.25) is 0 Å². The molecule has 0 saturated heterocycles. The van der Waals surface area contributed by atoms with Gasteiger partial charge < -0.3 is 9.84 Å². The van der Waals surface area contributed by atoms with Crippen LogP contribution in [-0.2, 0) is 6.42 Å². The molecule has 3 atom stereocenters. The van der Waals surface area contributed by atoms with Crippen LogP contribution in [0.15, 0.2) is 12.1 Å². The second kappa shape index (κ2) is 2.63. The number of hydrogen-bond acceptors (Lipinski definition) is 2. The van der Waals surface area contributed by atoms with E-state index in [-0.39, 0.29) is 5.60 Å². The number of phenols is 1. The molecule has 1 aliphatic heterocycles. The zero-order valence-electron chi connectivity index (χ0n) is 10.4. The molecule has 2 aliphatic carbocycles. The molecule has 3 aliphatic rings. The molecule has 1 N–H and O–H groups in total. The lowest BCUT2D eigenvalue weighted by Gasteiger charge is -2.31. The van der Waals surface area contributed by atoms with E-state index in [9.17, 15) is 5.11 Å². The van der Waals surface area contributed by atoms with Crippen molar-refractivity contribution >= 4 is 0 Å². The van der Waals surface area contributed by atoms with Crippen molar-refractivity contribution in [2.45, 2.75) is 45.1 Å². The number of aromatic hydroxyl groups is 1. The van der Waals surface area contributed by atoms with Gasteiger partial charge in [0.15, 0.2) is 0 Å². The number of aryl methyl sites for hydroxylation is 1. The van der Waals surface area contributed by atoms with Crippen molar-refractivity contribution in [1.29, 1.82) is 0 Å². The highest BCUT2D eigenvalue weighted by molar-refractivity contribution is 5.50. The summed E-state index contributed by atoms with van der Waals surface area (Å²) < 4.78 is 6.34. The quantitative estimate of drug-likeness (QED) is 0.741. The van der Waals surface area contributed by atoms with Crippen LogP contribution >= 0.6 is 0 Å². The molecule has 2 heteroatoms. The lowest BCUT2D eigenvalue weighted by molar-refractivity contribution is 0.0334. The molecule has 0 amide bonds. The highest BCUT2D eigenvalue weighted by Gasteiger charge is 2.70. The van der Waals surface area contributed by atoms with Gasteiger partial charge in [-0.05, 0) is 49.8 Å². The van der Waals surface area contributed by atoms with Gasteiger partial charge in [-0.25, -0.2) is 0 Å². The van der Waals surface area contributed by atoms with Gasteiger partial charge in [-0.3, -0.25) is 0 Å². The Kier molecular flexibility index (Phi) is 1.52. The van der Waals surface area contributed by atoms with E-state index in [1.165, 1.54) is 24.8 Å². The second-order valence-electron chi connectivity index (χ2n) is 6.38. The number of fused-ring (bicyclic) bond motifs is 3. The summed E-state index contributed by atoms with van der Waals surface area (Å²) in [5, 5.41) is 9.80. The summed E-state index contributed by atoms with van der Waals surface area (Å²) in [6.07, 6.45) is 4.81. The zero-order valence-corrected chi connectivity index (χ0v) is 10.4. The summed E-state index contributed by atoms with van der Waals surface area (Å²) in [6.45, 7) is 4.31. The number of phenolic OH excluding ortho intramolecular Hbond substituents is 1. The Labute approximate surface area is 102 Å². The molecule has 1 heterocycles. The fraction of sp³-hybridized carbons (Fsp3) is 0.600. The average Bonchev–Trinajstić information content (AvgIpc) is 2.71. The monoisotopic (exact) mass is 230 g/mol. The Morgan fingerprint density at radius 1 is 1.41 bits per heavy atom. The lowest BCUT2D eigenvalue weighted by atomic mass is 9.83. The molecule has 0 aromatic heterocycles. The fourth-order valence-corrected chi connectivity index (χ4v) is 4.08. The molecule has 0 radical (unpaired) electrons. The molecule has 2 nitrogen and oxygen atoms in total. The van der Waals surface area contributed by atoms with Crippen molar-refractivity contribution in [3.63, 3.8) is 0 Å². The molecule has 90 valence electrons. The maximum Gasteiger partial charge on any atom is 0.124 e. The summed E-state index contributed by atoms with van der Waals surface area (Å²) in [5.41, 5.74) is 2.55. The van der Waals surface area contributed by atoms with Crippen molar-refractivity contribution in [3.05, 3.63) is 23.3 Å². The van der Waals surface area contributed by atoms with Gasteiger partial charge in [-0.2, -0.15) is 0 Å². The molecule has 17 heavy (non-hydrogen) atoms. The Bertz CT molecular complexity index is 487. The first kappa shape index (κ1) is 9.81. The summed E-state index contributed by atoms with van der Waals surface area (Å²) >= 11 is 0. The van der Waals surface area contributed by atoms with Gasteiger partial charge in [0.25, 0.3) is 0 Å². The van der Waals surface area contributed by atoms with Crippen molar-refractivity contribution in [3.8, 4) is 11.5 Å². The van der Waals surface area contributed by atoms with Gasteiger partial charge in [-0.15, -0.1) is 0 Å². The lowest BCUT2D eigenvalue weighted by Crippen LogP contribution is -2.40. The molecule has 1 spiro atoms. The third-order valence-corrected chi connectivity index (χ3v) is 5.51. The molecule has 2 fully saturated rings. The second-order valence-corrected chi connectivity index (χ2v) is 6.38. The third kappa shape index (κ3) is 1.02. The van der Waals surface area contributed by atoms with E-state index in [4.69, 9.17) is 4.74 Å². The van der Waals surface area contributed by atoms with Gasteiger partial charge in [0, 0.05) is 17.4 Å². The predicted octanol–water partition coefficient (Wildman–Crippen LogP) is 3.19. The molecule has 4 rings (SSSR count). The largest absolute Gasteiger partial charge is 0.508 e. The van der Waals surface area contributed by atoms with E-state index in [1.807, 2.05) is 19.1 Å². The highest BCUT2D eigenvalue weighted by Crippen LogP contribution is 2.71. The minimum Gasteiger partial charge on any atom is -0.508 e. The summed E-state index contributed by atoms with van der Waals surface area (Å²) in [6, 6.07) is 3.90. The van der Waals surface area contributed by atoms with Crippen molar-refractivity contribution < 1.29 is 9.84 Å². The van der Waals surface area contributed by atoms with Crippen LogP contribution in [-0.4, -0.2) is 10.7 Å². The Morgan fingerprint density at radius 3 is 2.88 bits per heavy atom. The molecule has 1 aromatic carbocycles. The Hall–Kier alpha value is -1.18. The normalized spacial score (nSPS) is 41.2. The van der Waals surface area contributed by atoms with Crippen LogP contribution in [0.4, 0.5) is 0 Å². The van der Waals surface area contributed by atoms with Crippen LogP contribution in [0.2, 0.25) is 0 Å². The minimum absolute atomic E-state index is 0.0419. The van der Waals surface area contributed by atoms with Gasteiger partial charge in [0.1, 0.15) is 17.1 Å². The van der Waals surface area contributed by atoms with E-state index < -0.39 is 0 Å². The average molecular weight is 230 g/mol. The molecular weight excluding hydrogens is 212 g/mol. The number of benzene rings is 1. The van der Waals surface area contributed by atoms with Gasteiger partial charge >= 0.3 is 0 Å². The van der Waals surface area contributed by atoms with Crippen molar-refractivity contribution in [2.75, 3.05) is 0 Å². The molecule has 1 aromatic rings. The standard InChI is InChI=1S/C15H18O2/c1-9-5-13-10(6-12(9)16)7-15(17-13)4-3-11-8-14(11,15)2/h5-6,11,16H,3-4,7-8H2,1-2H3/t11-,14+,15+/m1/s1. The van der Waals surface area contributed by atoms with Crippen molar-refractivity contribution in [1.82, 2.24) is 0 Å². The fourth-order valence-electron chi connectivity index (χ4n) is 4.08. The van der Waals surface area contributed by atoms with E-state index in [0.29, 0.717) is 11.2 Å². The van der Waals surface area contributed by atoms with Crippen LogP contribution in [0.5, 0.6) is 11.5 Å². The SMILES string of the molecule is Cc1cc2c(cc1O)C[C@]1(CC[C@@H]3C[C@@]31C)O2. The van der Waals surface area contributed by atoms with Crippen LogP contribution < -0.4 is 4.74 Å². The predicted molar refractivity (Wildman–Crippen MR) is 65.4 cm³/mol. The summed E-state index contributed by atoms with van der Waals surface area (Å²) in [7, 11) is 0. The molecule has 2 saturated carbocycles. The number of hydrogen-bond donors (Lipinski definition) is 1. The first-order valence-corrected chi connectivity index (χ1v) is 6.56. The van der Waals surface area contributed by atoms with E-state index in [0.717, 1.165) is 23.7 Å². The third-order valence-electron chi connectivity index (χ3n) is 5.51. The van der Waals surface area contributed by atoms with Crippen molar-refractivity contribution in [2.24, 2.45) is 11.3 Å². The first-order valence-electron chi connectivity index (χ1n) is 6.56. The van der Waals surface area contributed by atoms with Crippen LogP contribution in [0.3, 0.4) is 0 Å². The van der Waals surface area contributed by atoms with E-state index in [2.05, 4.69) is 6.92 Å². The minimum atomic E-state index is 0.0419. The first-order chi connectivity index (χ1) is 8.04. The number of ether oxygens (including phenoxy) is 1. The Morgan fingerprint density at radius 2 is 2.24 bits per heavy atom. The molecule has 0 unspecified atom stereocenters. The molecule has 0 bridgehead atoms. The van der Waals surface area contributed by atoms with E-state index >= 15 is 0 Å². The smallest absolute Gasteiger partial charge is 0.124 e. The van der Waals surface area contributed by atoms with E-state index in [1.54, 1.807) is 0 Å². The maximum atomic E-state index is 9.80. The zero-order chi connectivity index (χ0) is 11.8. The maximum absolute atomic E-state index is 9.80. The Balaban J connectivity index is 1.78. The molecular formula is C15H18O2. The van der Waals surface area contributed by atoms with Crippen LogP contribution in [0, 0.1) is 18.3 Å². The number of rotatable bonds is 0. The highest BCUT2D eigenvalue weighted by atomic mass is 16.5. The summed E-state index contributed by atoms with van der Waals surface area (Å²) in [4.78, 5) is 0. The van der Waals surface area contributed by atoms with Gasteiger partial charge in [-0.1, -0.05) is 6.92 Å². The van der Waals surface area contributed by atoms with Gasteiger partial charge in [0.05, 0.1) is 0 Å². The van der Waals surface area contributed by atoms with Crippen LogP contribution in [0.1, 0.15) is 37.3 Å².